The summed E-state index contributed by atoms with van der Waals surface area (Å²) >= 11 is 1.19. The predicted octanol–water partition coefficient (Wildman–Crippen LogP) is 5.58. The summed E-state index contributed by atoms with van der Waals surface area (Å²) in [6, 6.07) is 10.1. The van der Waals surface area contributed by atoms with Gasteiger partial charge >= 0.3 is 5.97 Å². The van der Waals surface area contributed by atoms with Crippen molar-refractivity contribution in [1.29, 1.82) is 0 Å². The van der Waals surface area contributed by atoms with Crippen molar-refractivity contribution in [2.45, 2.75) is 52.4 Å². The zero-order chi connectivity index (χ0) is 23.8. The van der Waals surface area contributed by atoms with Gasteiger partial charge in [-0.15, -0.1) is 0 Å². The Labute approximate surface area is 192 Å². The van der Waals surface area contributed by atoms with Crippen molar-refractivity contribution in [3.05, 3.63) is 63.6 Å². The number of amidine groups is 1. The molecule has 0 radical (unpaired) electrons. The van der Waals surface area contributed by atoms with E-state index in [1.807, 2.05) is 53.7 Å². The van der Waals surface area contributed by atoms with Crippen LogP contribution in [0.3, 0.4) is 0 Å². The van der Waals surface area contributed by atoms with Crippen molar-refractivity contribution in [2.24, 2.45) is 4.99 Å². The Hall–Kier alpha value is -3.06. The van der Waals surface area contributed by atoms with Gasteiger partial charge in [-0.3, -0.25) is 4.79 Å². The van der Waals surface area contributed by atoms with E-state index in [-0.39, 0.29) is 28.1 Å². The van der Waals surface area contributed by atoms with E-state index in [0.717, 1.165) is 16.7 Å². The van der Waals surface area contributed by atoms with Gasteiger partial charge in [-0.1, -0.05) is 47.6 Å². The number of phenols is 1. The van der Waals surface area contributed by atoms with Gasteiger partial charge < -0.3 is 15.5 Å². The van der Waals surface area contributed by atoms with Crippen LogP contribution in [0.2, 0.25) is 0 Å². The molecule has 3 N–H and O–H groups in total. The van der Waals surface area contributed by atoms with Gasteiger partial charge in [0.1, 0.15) is 5.75 Å². The van der Waals surface area contributed by atoms with E-state index in [1.54, 1.807) is 18.2 Å². The largest absolute Gasteiger partial charge is 0.507 e. The number of rotatable bonds is 3. The van der Waals surface area contributed by atoms with E-state index in [2.05, 4.69) is 10.3 Å². The third kappa shape index (κ3) is 5.22. The minimum Gasteiger partial charge on any atom is -0.507 e. The summed E-state index contributed by atoms with van der Waals surface area (Å²) in [5.41, 5.74) is 2.49. The number of hydrogen-bond acceptors (Lipinski definition) is 5. The number of carbonyl (C=O) groups is 2. The lowest BCUT2D eigenvalue weighted by Gasteiger charge is -2.28. The normalized spacial score (nSPS) is 17.1. The second-order valence-electron chi connectivity index (χ2n) is 9.80. The van der Waals surface area contributed by atoms with Crippen molar-refractivity contribution < 1.29 is 19.8 Å². The van der Waals surface area contributed by atoms with E-state index in [4.69, 9.17) is 5.11 Å². The molecule has 7 heteroatoms. The number of benzene rings is 2. The molecule has 1 aliphatic rings. The molecule has 0 atom stereocenters. The number of carboxylic acid groups (broad SMARTS) is 1. The molecule has 6 nitrogen and oxygen atoms in total. The minimum absolute atomic E-state index is 0.130. The number of phenolic OH excluding ortho intramolecular Hbond substituents is 1. The summed E-state index contributed by atoms with van der Waals surface area (Å²) < 4.78 is 0. The van der Waals surface area contributed by atoms with E-state index in [0.29, 0.717) is 15.8 Å². The van der Waals surface area contributed by atoms with Crippen LogP contribution in [0.5, 0.6) is 5.75 Å². The Morgan fingerprint density at radius 2 is 1.62 bits per heavy atom. The molecule has 2 aromatic carbocycles. The molecule has 0 bridgehead atoms. The van der Waals surface area contributed by atoms with Crippen LogP contribution in [0.15, 0.2) is 46.3 Å². The summed E-state index contributed by atoms with van der Waals surface area (Å²) in [6.45, 7) is 12.2. The molecule has 32 heavy (non-hydrogen) atoms. The van der Waals surface area contributed by atoms with Gasteiger partial charge in [0.05, 0.1) is 16.2 Å². The Kier molecular flexibility index (Phi) is 6.24. The first-order chi connectivity index (χ1) is 14.8. The molecule has 1 saturated heterocycles. The summed E-state index contributed by atoms with van der Waals surface area (Å²) in [6.07, 6.45) is 1.79. The first-order valence-electron chi connectivity index (χ1n) is 10.3. The molecule has 0 aliphatic carbocycles. The molecule has 2 aromatic rings. The molecular formula is C25H28N2O4S. The second-order valence-corrected chi connectivity index (χ2v) is 10.8. The Morgan fingerprint density at radius 1 is 1.03 bits per heavy atom. The average molecular weight is 453 g/mol. The molecule has 1 amide bonds. The summed E-state index contributed by atoms with van der Waals surface area (Å²) in [7, 11) is 0. The van der Waals surface area contributed by atoms with Gasteiger partial charge in [-0.2, -0.15) is 0 Å². The fourth-order valence-electron chi connectivity index (χ4n) is 3.34. The van der Waals surface area contributed by atoms with Gasteiger partial charge in [-0.05, 0) is 64.6 Å². The monoisotopic (exact) mass is 452 g/mol. The Morgan fingerprint density at radius 3 is 2.16 bits per heavy atom. The van der Waals surface area contributed by atoms with E-state index in [9.17, 15) is 14.7 Å². The van der Waals surface area contributed by atoms with Crippen LogP contribution >= 0.6 is 11.8 Å². The van der Waals surface area contributed by atoms with Crippen LogP contribution < -0.4 is 5.32 Å². The summed E-state index contributed by atoms with van der Waals surface area (Å²) in [5.74, 6) is -1.02. The summed E-state index contributed by atoms with van der Waals surface area (Å²) in [4.78, 5) is 28.6. The van der Waals surface area contributed by atoms with Crippen molar-refractivity contribution in [1.82, 2.24) is 5.32 Å². The number of nitrogens with one attached hydrogen (secondary N) is 1. The highest BCUT2D eigenvalue weighted by atomic mass is 32.2. The lowest BCUT2D eigenvalue weighted by molar-refractivity contribution is -0.115. The third-order valence-electron chi connectivity index (χ3n) is 5.02. The van der Waals surface area contributed by atoms with Crippen molar-refractivity contribution in [3.8, 4) is 5.75 Å². The predicted molar refractivity (Wildman–Crippen MR) is 130 cm³/mol. The second kappa shape index (κ2) is 8.47. The number of carboxylic acids is 1. The molecule has 0 spiro atoms. The first kappa shape index (κ1) is 23.6. The van der Waals surface area contributed by atoms with E-state index >= 15 is 0 Å². The maximum atomic E-state index is 12.6. The number of aromatic carboxylic acids is 1. The standard InChI is InChI=1S/C25H28N2O4S/c1-24(2,3)17-10-14(11-18(20(17)28)25(4,5)6)12-19-21(29)27-23(32-19)26-16-9-7-8-15(13-16)22(30)31/h7-13,28H,1-6H3,(H,30,31)(H,26,27,29)/b19-12-. The molecule has 1 fully saturated rings. The van der Waals surface area contributed by atoms with Crippen LogP contribution in [0, 0.1) is 0 Å². The minimum atomic E-state index is -1.03. The number of hydrogen-bond donors (Lipinski definition) is 3. The highest BCUT2D eigenvalue weighted by molar-refractivity contribution is 8.18. The molecule has 0 aromatic heterocycles. The van der Waals surface area contributed by atoms with Gasteiger partial charge in [0.15, 0.2) is 5.17 Å². The van der Waals surface area contributed by atoms with Gasteiger partial charge in [0.25, 0.3) is 5.91 Å². The lowest BCUT2D eigenvalue weighted by Crippen LogP contribution is -2.19. The first-order valence-corrected chi connectivity index (χ1v) is 11.1. The smallest absolute Gasteiger partial charge is 0.335 e. The molecular weight excluding hydrogens is 424 g/mol. The number of thioether (sulfide) groups is 1. The number of carbonyl (C=O) groups excluding carboxylic acids is 1. The number of amides is 1. The van der Waals surface area contributed by atoms with Crippen LogP contribution in [0.4, 0.5) is 5.69 Å². The highest BCUT2D eigenvalue weighted by Gasteiger charge is 2.28. The molecule has 3 rings (SSSR count). The van der Waals surface area contributed by atoms with Gasteiger partial charge in [0, 0.05) is 11.1 Å². The van der Waals surface area contributed by atoms with E-state index in [1.165, 1.54) is 23.9 Å². The third-order valence-corrected chi connectivity index (χ3v) is 5.93. The Bertz CT molecular complexity index is 1120. The van der Waals surface area contributed by atoms with Crippen molar-refractivity contribution in [3.63, 3.8) is 0 Å². The fraction of sp³-hybridized carbons (Fsp3) is 0.320. The van der Waals surface area contributed by atoms with Gasteiger partial charge in [-0.25, -0.2) is 9.79 Å². The maximum absolute atomic E-state index is 12.6. The van der Waals surface area contributed by atoms with Crippen molar-refractivity contribution in [2.75, 3.05) is 0 Å². The molecule has 1 heterocycles. The van der Waals surface area contributed by atoms with Crippen LogP contribution in [0.25, 0.3) is 6.08 Å². The van der Waals surface area contributed by atoms with Crippen molar-refractivity contribution >= 4 is 40.6 Å². The zero-order valence-electron chi connectivity index (χ0n) is 19.1. The van der Waals surface area contributed by atoms with Crippen LogP contribution in [0.1, 0.15) is 68.6 Å². The van der Waals surface area contributed by atoms with Gasteiger partial charge in [0.2, 0.25) is 0 Å². The number of aromatic hydroxyl groups is 1. The average Bonchev–Trinajstić information content (AvgIpc) is 3.00. The topological polar surface area (TPSA) is 99.0 Å². The van der Waals surface area contributed by atoms with Crippen LogP contribution in [-0.2, 0) is 15.6 Å². The highest BCUT2D eigenvalue weighted by Crippen LogP contribution is 2.40. The molecule has 0 unspecified atom stereocenters. The SMILES string of the molecule is CC(C)(C)c1cc(/C=C2\SC(=Nc3cccc(C(=O)O)c3)NC2=O)cc(C(C)(C)C)c1O. The lowest BCUT2D eigenvalue weighted by atomic mass is 9.78. The van der Waals surface area contributed by atoms with E-state index < -0.39 is 5.97 Å². The molecule has 0 saturated carbocycles. The number of aliphatic imine (C=N–C) groups is 1. The number of nitrogens with zero attached hydrogens (tertiary/aromatic N) is 1. The fourth-order valence-corrected chi connectivity index (χ4v) is 4.18. The summed E-state index contributed by atoms with van der Waals surface area (Å²) in [5, 5.41) is 23.2. The maximum Gasteiger partial charge on any atom is 0.335 e. The molecule has 1 aliphatic heterocycles. The zero-order valence-corrected chi connectivity index (χ0v) is 19.9. The Balaban J connectivity index is 1.99. The quantitative estimate of drug-likeness (QED) is 0.528. The molecule has 168 valence electrons. The van der Waals surface area contributed by atoms with Crippen LogP contribution in [-0.4, -0.2) is 27.3 Å².